The summed E-state index contributed by atoms with van der Waals surface area (Å²) in [5.74, 6) is 0.549. The lowest BCUT2D eigenvalue weighted by Gasteiger charge is -2.41. The summed E-state index contributed by atoms with van der Waals surface area (Å²) in [5.41, 5.74) is 3.72. The molecule has 1 fully saturated rings. The lowest BCUT2D eigenvalue weighted by atomic mass is 10.0. The van der Waals surface area contributed by atoms with Crippen LogP contribution < -0.4 is 15.0 Å². The number of nitrogens with one attached hydrogen (secondary N) is 2. The van der Waals surface area contributed by atoms with Crippen LogP contribution in [0.5, 0.6) is 5.75 Å². The SMILES string of the molecule is CC1CN(Cc2cn[nH]c2-c2ccc3c(c2)CNC(=O)O3)CCN1c1cccc(C(F)(F)F)c1. The normalized spacial score (nSPS) is 18.9. The van der Waals surface area contributed by atoms with Gasteiger partial charge >= 0.3 is 12.3 Å². The molecule has 5 rings (SSSR count). The van der Waals surface area contributed by atoms with E-state index in [1.54, 1.807) is 18.3 Å². The molecule has 1 amide bonds. The van der Waals surface area contributed by atoms with E-state index in [-0.39, 0.29) is 6.04 Å². The van der Waals surface area contributed by atoms with Gasteiger partial charge < -0.3 is 15.0 Å². The second-order valence-electron chi connectivity index (χ2n) is 8.66. The number of nitrogens with zero attached hydrogens (tertiary/aromatic N) is 3. The molecule has 1 unspecified atom stereocenters. The van der Waals surface area contributed by atoms with E-state index in [2.05, 4.69) is 20.4 Å². The number of ether oxygens (including phenoxy) is 1. The van der Waals surface area contributed by atoms with Gasteiger partial charge in [0.1, 0.15) is 5.75 Å². The number of benzene rings is 2. The van der Waals surface area contributed by atoms with Crippen LogP contribution in [0, 0.1) is 0 Å². The van der Waals surface area contributed by atoms with Gasteiger partial charge in [0, 0.05) is 61.1 Å². The van der Waals surface area contributed by atoms with Crippen molar-refractivity contribution < 1.29 is 22.7 Å². The Balaban J connectivity index is 1.28. The summed E-state index contributed by atoms with van der Waals surface area (Å²) in [4.78, 5) is 15.7. The van der Waals surface area contributed by atoms with Crippen molar-refractivity contribution in [2.45, 2.75) is 32.2 Å². The number of hydrogen-bond donors (Lipinski definition) is 2. The number of alkyl halides is 3. The molecule has 1 aromatic heterocycles. The van der Waals surface area contributed by atoms with Crippen LogP contribution in [-0.2, 0) is 19.3 Å². The standard InChI is InChI=1S/C24H24F3N5O2/c1-15-13-31(7-8-32(15)20-4-2-3-19(10-20)24(25,26)27)14-18-12-29-30-22(18)16-5-6-21-17(9-16)11-28-23(33)34-21/h2-6,9-10,12,15H,7-8,11,13-14H2,1H3,(H,28,33)(H,29,30). The van der Waals surface area contributed by atoms with Crippen LogP contribution in [0.4, 0.5) is 23.7 Å². The minimum atomic E-state index is -4.35. The molecule has 1 saturated heterocycles. The highest BCUT2D eigenvalue weighted by molar-refractivity contribution is 5.74. The van der Waals surface area contributed by atoms with Crippen LogP contribution in [-0.4, -0.2) is 46.9 Å². The van der Waals surface area contributed by atoms with Crippen LogP contribution in [0.15, 0.2) is 48.7 Å². The number of hydrogen-bond acceptors (Lipinski definition) is 5. The molecule has 2 aliphatic rings. The molecular formula is C24H24F3N5O2. The van der Waals surface area contributed by atoms with Crippen LogP contribution in [0.1, 0.15) is 23.6 Å². The van der Waals surface area contributed by atoms with Crippen molar-refractivity contribution in [2.24, 2.45) is 0 Å². The second kappa shape index (κ2) is 8.68. The molecule has 3 aromatic rings. The molecule has 0 aliphatic carbocycles. The van der Waals surface area contributed by atoms with Crippen LogP contribution >= 0.6 is 0 Å². The van der Waals surface area contributed by atoms with Gasteiger partial charge in [0.25, 0.3) is 0 Å². The Kier molecular flexibility index (Phi) is 5.68. The van der Waals surface area contributed by atoms with E-state index < -0.39 is 17.8 Å². The number of rotatable bonds is 4. The summed E-state index contributed by atoms with van der Waals surface area (Å²) in [6, 6.07) is 11.2. The molecule has 2 aliphatic heterocycles. The average Bonchev–Trinajstić information content (AvgIpc) is 3.26. The molecule has 178 valence electrons. The van der Waals surface area contributed by atoms with Crippen LogP contribution in [0.25, 0.3) is 11.3 Å². The first kappa shape index (κ1) is 22.3. The maximum atomic E-state index is 13.1. The first-order chi connectivity index (χ1) is 16.3. The molecule has 3 heterocycles. The van der Waals surface area contributed by atoms with E-state index in [4.69, 9.17) is 4.74 Å². The lowest BCUT2D eigenvalue weighted by molar-refractivity contribution is -0.137. The van der Waals surface area contributed by atoms with Gasteiger partial charge in [0.2, 0.25) is 0 Å². The molecule has 10 heteroatoms. The van der Waals surface area contributed by atoms with Crippen molar-refractivity contribution in [1.29, 1.82) is 0 Å². The highest BCUT2D eigenvalue weighted by Gasteiger charge is 2.32. The summed E-state index contributed by atoms with van der Waals surface area (Å²) < 4.78 is 44.6. The number of halogens is 3. The first-order valence-corrected chi connectivity index (χ1v) is 11.1. The third-order valence-electron chi connectivity index (χ3n) is 6.30. The Hall–Kier alpha value is -3.53. The van der Waals surface area contributed by atoms with Crippen molar-refractivity contribution in [3.8, 4) is 17.0 Å². The van der Waals surface area contributed by atoms with Gasteiger partial charge in [0.15, 0.2) is 0 Å². The number of fused-ring (bicyclic) bond motifs is 1. The van der Waals surface area contributed by atoms with E-state index in [1.165, 1.54) is 12.1 Å². The van der Waals surface area contributed by atoms with E-state index in [0.717, 1.165) is 35.0 Å². The smallest absolute Gasteiger partial charge is 0.410 e. The zero-order chi connectivity index (χ0) is 23.9. The Labute approximate surface area is 194 Å². The second-order valence-corrected chi connectivity index (χ2v) is 8.66. The number of aromatic nitrogens is 2. The van der Waals surface area contributed by atoms with Crippen LogP contribution in [0.2, 0.25) is 0 Å². The Morgan fingerprint density at radius 3 is 2.82 bits per heavy atom. The summed E-state index contributed by atoms with van der Waals surface area (Å²) in [6.45, 7) is 5.16. The maximum absolute atomic E-state index is 13.1. The number of anilines is 1. The van der Waals surface area contributed by atoms with Crippen molar-refractivity contribution in [3.05, 3.63) is 65.4 Å². The number of aromatic amines is 1. The van der Waals surface area contributed by atoms with Gasteiger partial charge in [-0.15, -0.1) is 0 Å². The fourth-order valence-corrected chi connectivity index (χ4v) is 4.62. The molecule has 2 N–H and O–H groups in total. The summed E-state index contributed by atoms with van der Waals surface area (Å²) in [6.07, 6.45) is -3.01. The number of H-pyrrole nitrogens is 1. The third kappa shape index (κ3) is 4.45. The highest BCUT2D eigenvalue weighted by Crippen LogP contribution is 2.33. The monoisotopic (exact) mass is 471 g/mol. The van der Waals surface area contributed by atoms with Crippen molar-refractivity contribution in [3.63, 3.8) is 0 Å². The predicted molar refractivity (Wildman–Crippen MR) is 120 cm³/mol. The summed E-state index contributed by atoms with van der Waals surface area (Å²) in [7, 11) is 0. The molecule has 0 saturated carbocycles. The zero-order valence-electron chi connectivity index (χ0n) is 18.5. The molecule has 0 spiro atoms. The molecule has 0 radical (unpaired) electrons. The zero-order valence-corrected chi connectivity index (χ0v) is 18.5. The molecule has 2 aromatic carbocycles. The van der Waals surface area contributed by atoms with Crippen molar-refractivity contribution >= 4 is 11.8 Å². The molecule has 7 nitrogen and oxygen atoms in total. The fraction of sp³-hybridized carbons (Fsp3) is 0.333. The van der Waals surface area contributed by atoms with Gasteiger partial charge in [-0.1, -0.05) is 6.07 Å². The predicted octanol–water partition coefficient (Wildman–Crippen LogP) is 4.41. The van der Waals surface area contributed by atoms with Gasteiger partial charge in [0.05, 0.1) is 17.5 Å². The highest BCUT2D eigenvalue weighted by atomic mass is 19.4. The number of carbonyl (C=O) groups excluding carboxylic acids is 1. The minimum absolute atomic E-state index is 0.0529. The van der Waals surface area contributed by atoms with Gasteiger partial charge in [-0.25, -0.2) is 4.79 Å². The molecule has 1 atom stereocenters. The summed E-state index contributed by atoms with van der Waals surface area (Å²) >= 11 is 0. The Morgan fingerprint density at radius 2 is 2.03 bits per heavy atom. The van der Waals surface area contributed by atoms with E-state index in [0.29, 0.717) is 37.6 Å². The van der Waals surface area contributed by atoms with Gasteiger partial charge in [-0.05, 0) is 43.3 Å². The van der Waals surface area contributed by atoms with Crippen molar-refractivity contribution in [2.75, 3.05) is 24.5 Å². The first-order valence-electron chi connectivity index (χ1n) is 11.1. The van der Waals surface area contributed by atoms with Gasteiger partial charge in [-0.2, -0.15) is 18.3 Å². The molecular weight excluding hydrogens is 447 g/mol. The topological polar surface area (TPSA) is 73.5 Å². The third-order valence-corrected chi connectivity index (χ3v) is 6.30. The minimum Gasteiger partial charge on any atom is -0.410 e. The number of carbonyl (C=O) groups is 1. The van der Waals surface area contributed by atoms with Crippen molar-refractivity contribution in [1.82, 2.24) is 20.4 Å². The molecule has 0 bridgehead atoms. The quantitative estimate of drug-likeness (QED) is 0.590. The largest absolute Gasteiger partial charge is 0.416 e. The summed E-state index contributed by atoms with van der Waals surface area (Å²) in [5, 5.41) is 9.97. The number of amides is 1. The average molecular weight is 471 g/mol. The fourth-order valence-electron chi connectivity index (χ4n) is 4.62. The van der Waals surface area contributed by atoms with E-state index in [9.17, 15) is 18.0 Å². The maximum Gasteiger partial charge on any atom is 0.416 e. The van der Waals surface area contributed by atoms with Gasteiger partial charge in [-0.3, -0.25) is 10.00 Å². The Bertz CT molecular complexity index is 1210. The van der Waals surface area contributed by atoms with E-state index in [1.807, 2.05) is 24.0 Å². The molecule has 34 heavy (non-hydrogen) atoms. The number of piperazine rings is 1. The lowest BCUT2D eigenvalue weighted by Crippen LogP contribution is -2.51. The van der Waals surface area contributed by atoms with Crippen LogP contribution in [0.3, 0.4) is 0 Å². The van der Waals surface area contributed by atoms with E-state index >= 15 is 0 Å². The Morgan fingerprint density at radius 1 is 1.18 bits per heavy atom.